The van der Waals surface area contributed by atoms with Gasteiger partial charge in [-0.2, -0.15) is 10.2 Å². The second-order valence-corrected chi connectivity index (χ2v) is 7.60. The van der Waals surface area contributed by atoms with E-state index in [0.29, 0.717) is 25.6 Å². The molecule has 32 heavy (non-hydrogen) atoms. The van der Waals surface area contributed by atoms with Gasteiger partial charge in [0.2, 0.25) is 5.91 Å². The Hall–Kier alpha value is -2.96. The van der Waals surface area contributed by atoms with Crippen LogP contribution in [0.2, 0.25) is 0 Å². The maximum atomic E-state index is 12.7. The summed E-state index contributed by atoms with van der Waals surface area (Å²) in [6.07, 6.45) is 5.39. The molecule has 4 rings (SSSR count). The minimum Gasteiger partial charge on any atom is -0.352 e. The summed E-state index contributed by atoms with van der Waals surface area (Å²) in [4.78, 5) is 25.3. The predicted octanol–water partition coefficient (Wildman–Crippen LogP) is 1.66. The molecule has 3 aromatic heterocycles. The first-order valence-corrected chi connectivity index (χ1v) is 10.2. The first-order valence-electron chi connectivity index (χ1n) is 10.2. The fourth-order valence-corrected chi connectivity index (χ4v) is 3.70. The monoisotopic (exact) mass is 549 g/mol. The van der Waals surface area contributed by atoms with Crippen molar-refractivity contribution >= 4 is 41.5 Å². The summed E-state index contributed by atoms with van der Waals surface area (Å²) in [6, 6.07) is 6.00. The number of piperazine rings is 1. The number of aliphatic imine (C=N–C) groups is 1. The van der Waals surface area contributed by atoms with E-state index in [9.17, 15) is 4.79 Å². The minimum absolute atomic E-state index is 0. The van der Waals surface area contributed by atoms with Crippen LogP contribution in [0.4, 0.5) is 5.69 Å². The Bertz CT molecular complexity index is 1100. The molecule has 0 radical (unpaired) electrons. The standard InChI is InChI=1S/C21H27N9O.HI/c1-15-9-16(2)30(26-15)19-6-5-17(10-23-19)11-24-21(22-3)28-7-8-29(20(31)14-28)18-12-25-27(4)13-18;/h5-6,9-10,12-13H,7-8,11,14H2,1-4H3,(H,22,24);1H. The largest absolute Gasteiger partial charge is 0.352 e. The Balaban J connectivity index is 0.00000289. The van der Waals surface area contributed by atoms with Gasteiger partial charge in [0.15, 0.2) is 11.8 Å². The Kier molecular flexibility index (Phi) is 7.48. The predicted molar refractivity (Wildman–Crippen MR) is 134 cm³/mol. The van der Waals surface area contributed by atoms with Gasteiger partial charge < -0.3 is 15.1 Å². The molecule has 3 aromatic rings. The van der Waals surface area contributed by atoms with E-state index in [1.165, 1.54) is 0 Å². The van der Waals surface area contributed by atoms with Gasteiger partial charge in [-0.15, -0.1) is 24.0 Å². The van der Waals surface area contributed by atoms with Crippen molar-refractivity contribution in [2.45, 2.75) is 20.4 Å². The summed E-state index contributed by atoms with van der Waals surface area (Å²) in [5.74, 6) is 1.51. The fraction of sp³-hybridized carbons (Fsp3) is 0.381. The van der Waals surface area contributed by atoms with E-state index in [2.05, 4.69) is 25.5 Å². The summed E-state index contributed by atoms with van der Waals surface area (Å²) in [7, 11) is 3.57. The number of amides is 1. The number of guanidine groups is 1. The molecule has 0 atom stereocenters. The van der Waals surface area contributed by atoms with Crippen molar-refractivity contribution in [2.24, 2.45) is 12.0 Å². The zero-order chi connectivity index (χ0) is 22.0. The Morgan fingerprint density at radius 2 is 2.03 bits per heavy atom. The lowest BCUT2D eigenvalue weighted by Crippen LogP contribution is -2.55. The first-order chi connectivity index (χ1) is 14.9. The molecule has 10 nitrogen and oxygen atoms in total. The molecule has 1 saturated heterocycles. The van der Waals surface area contributed by atoms with Crippen molar-refractivity contribution in [2.75, 3.05) is 31.6 Å². The molecule has 0 aliphatic carbocycles. The molecular formula is C21H28IN9O. The molecule has 4 heterocycles. The molecule has 1 aliphatic rings. The number of hydrogen-bond acceptors (Lipinski definition) is 5. The normalized spacial score (nSPS) is 14.5. The lowest BCUT2D eigenvalue weighted by atomic mass is 10.2. The van der Waals surface area contributed by atoms with E-state index in [4.69, 9.17) is 0 Å². The van der Waals surface area contributed by atoms with E-state index in [1.807, 2.05) is 61.1 Å². The van der Waals surface area contributed by atoms with Crippen LogP contribution in [-0.4, -0.2) is 68.0 Å². The lowest BCUT2D eigenvalue weighted by molar-refractivity contribution is -0.120. The number of anilines is 1. The number of nitrogens with zero attached hydrogens (tertiary/aromatic N) is 8. The van der Waals surface area contributed by atoms with E-state index in [0.717, 1.165) is 28.5 Å². The van der Waals surface area contributed by atoms with Gasteiger partial charge in [-0.05, 0) is 31.5 Å². The van der Waals surface area contributed by atoms with E-state index in [-0.39, 0.29) is 36.4 Å². The average Bonchev–Trinajstić information content (AvgIpc) is 3.33. The number of carbonyl (C=O) groups excluding carboxylic acids is 1. The highest BCUT2D eigenvalue weighted by Gasteiger charge is 2.27. The average molecular weight is 549 g/mol. The lowest BCUT2D eigenvalue weighted by Gasteiger charge is -2.35. The van der Waals surface area contributed by atoms with E-state index < -0.39 is 0 Å². The second-order valence-electron chi connectivity index (χ2n) is 7.60. The van der Waals surface area contributed by atoms with Crippen LogP contribution in [0, 0.1) is 13.8 Å². The quantitative estimate of drug-likeness (QED) is 0.302. The smallest absolute Gasteiger partial charge is 0.246 e. The van der Waals surface area contributed by atoms with Crippen molar-refractivity contribution in [1.82, 2.24) is 34.8 Å². The number of aryl methyl sites for hydroxylation is 3. The van der Waals surface area contributed by atoms with Crippen molar-refractivity contribution in [3.63, 3.8) is 0 Å². The molecule has 1 N–H and O–H groups in total. The molecule has 11 heteroatoms. The zero-order valence-electron chi connectivity index (χ0n) is 18.7. The van der Waals surface area contributed by atoms with Gasteiger partial charge in [0, 0.05) is 51.8 Å². The maximum absolute atomic E-state index is 12.7. The van der Waals surface area contributed by atoms with E-state index >= 15 is 0 Å². The van der Waals surface area contributed by atoms with Crippen LogP contribution in [-0.2, 0) is 18.4 Å². The van der Waals surface area contributed by atoms with Crippen LogP contribution < -0.4 is 10.2 Å². The molecule has 0 saturated carbocycles. The number of pyridine rings is 1. The van der Waals surface area contributed by atoms with E-state index in [1.54, 1.807) is 22.8 Å². The molecule has 0 aromatic carbocycles. The van der Waals surface area contributed by atoms with Gasteiger partial charge in [0.25, 0.3) is 0 Å². The molecule has 0 unspecified atom stereocenters. The van der Waals surface area contributed by atoms with Crippen LogP contribution in [0.15, 0.2) is 41.8 Å². The first kappa shape index (κ1) is 23.7. The van der Waals surface area contributed by atoms with Crippen LogP contribution in [0.25, 0.3) is 5.82 Å². The number of carbonyl (C=O) groups is 1. The summed E-state index contributed by atoms with van der Waals surface area (Å²) in [5, 5.41) is 12.0. The van der Waals surface area contributed by atoms with Crippen LogP contribution in [0.1, 0.15) is 17.0 Å². The zero-order valence-corrected chi connectivity index (χ0v) is 21.0. The van der Waals surface area contributed by atoms with Gasteiger partial charge in [0.1, 0.15) is 6.54 Å². The van der Waals surface area contributed by atoms with Gasteiger partial charge >= 0.3 is 0 Å². The summed E-state index contributed by atoms with van der Waals surface area (Å²) in [5.41, 5.74) is 3.86. The van der Waals surface area contributed by atoms with Gasteiger partial charge in [-0.3, -0.25) is 14.5 Å². The molecular weight excluding hydrogens is 521 g/mol. The van der Waals surface area contributed by atoms with Crippen molar-refractivity contribution < 1.29 is 4.79 Å². The second kappa shape index (κ2) is 10.1. The molecule has 1 aliphatic heterocycles. The number of rotatable bonds is 4. The Morgan fingerprint density at radius 1 is 1.22 bits per heavy atom. The third kappa shape index (κ3) is 5.09. The van der Waals surface area contributed by atoms with Gasteiger partial charge in [0.05, 0.1) is 17.6 Å². The highest BCUT2D eigenvalue weighted by molar-refractivity contribution is 14.0. The molecule has 0 spiro atoms. The Morgan fingerprint density at radius 3 is 2.59 bits per heavy atom. The number of nitrogens with one attached hydrogen (secondary N) is 1. The van der Waals surface area contributed by atoms with Crippen molar-refractivity contribution in [3.05, 3.63) is 53.7 Å². The summed E-state index contributed by atoms with van der Waals surface area (Å²) >= 11 is 0. The van der Waals surface area contributed by atoms with Gasteiger partial charge in [-0.1, -0.05) is 6.07 Å². The van der Waals surface area contributed by atoms with Crippen LogP contribution in [0.3, 0.4) is 0 Å². The maximum Gasteiger partial charge on any atom is 0.246 e. The Labute approximate surface area is 204 Å². The van der Waals surface area contributed by atoms with Crippen LogP contribution in [0.5, 0.6) is 0 Å². The highest BCUT2D eigenvalue weighted by Crippen LogP contribution is 2.16. The molecule has 0 bridgehead atoms. The van der Waals surface area contributed by atoms with Crippen LogP contribution >= 0.6 is 24.0 Å². The van der Waals surface area contributed by atoms with Gasteiger partial charge in [-0.25, -0.2) is 9.67 Å². The number of aromatic nitrogens is 5. The minimum atomic E-state index is 0. The number of hydrogen-bond donors (Lipinski definition) is 1. The topological polar surface area (TPSA) is 96.5 Å². The fourth-order valence-electron chi connectivity index (χ4n) is 3.70. The molecule has 1 fully saturated rings. The number of halogens is 1. The third-order valence-electron chi connectivity index (χ3n) is 5.22. The highest BCUT2D eigenvalue weighted by atomic mass is 127. The molecule has 170 valence electrons. The molecule has 1 amide bonds. The van der Waals surface area contributed by atoms with Crippen molar-refractivity contribution in [3.8, 4) is 5.82 Å². The SMILES string of the molecule is CN=C(NCc1ccc(-n2nc(C)cc2C)nc1)N1CCN(c2cnn(C)c2)C(=O)C1.I. The summed E-state index contributed by atoms with van der Waals surface area (Å²) < 4.78 is 3.53. The van der Waals surface area contributed by atoms with Crippen molar-refractivity contribution in [1.29, 1.82) is 0 Å². The third-order valence-corrected chi connectivity index (χ3v) is 5.22. The summed E-state index contributed by atoms with van der Waals surface area (Å²) in [6.45, 7) is 6.09.